The van der Waals surface area contributed by atoms with Crippen molar-refractivity contribution < 1.29 is 9.13 Å². The number of methoxy groups -OCH3 is 1. The van der Waals surface area contributed by atoms with Crippen LogP contribution in [0.15, 0.2) is 28.1 Å². The number of nitrogens with one attached hydrogen (secondary N) is 1. The molecule has 6 heteroatoms. The van der Waals surface area contributed by atoms with Crippen molar-refractivity contribution in [3.63, 3.8) is 0 Å². The van der Waals surface area contributed by atoms with Gasteiger partial charge in [0.05, 0.1) is 27.5 Å². The van der Waals surface area contributed by atoms with Crippen LogP contribution in [0, 0.1) is 5.82 Å². The zero-order chi connectivity index (χ0) is 15.4. The van der Waals surface area contributed by atoms with E-state index in [9.17, 15) is 4.39 Å². The van der Waals surface area contributed by atoms with Gasteiger partial charge in [-0.25, -0.2) is 4.39 Å². The molecule has 0 amide bonds. The molecule has 114 valence electrons. The predicted molar refractivity (Wildman–Crippen MR) is 90.1 cm³/mol. The summed E-state index contributed by atoms with van der Waals surface area (Å²) in [6.07, 6.45) is 0.952. The summed E-state index contributed by atoms with van der Waals surface area (Å²) in [7, 11) is 1.55. The second-order valence-electron chi connectivity index (χ2n) is 4.51. The second kappa shape index (κ2) is 7.58. The lowest BCUT2D eigenvalue weighted by atomic mass is 10.0. The molecule has 1 heterocycles. The number of halogens is 3. The zero-order valence-corrected chi connectivity index (χ0v) is 14.9. The van der Waals surface area contributed by atoms with Crippen molar-refractivity contribution >= 4 is 38.9 Å². The Kier molecular flexibility index (Phi) is 6.05. The molecular weight excluding hydrogens is 377 g/mol. The third-order valence-electron chi connectivity index (χ3n) is 3.07. The van der Waals surface area contributed by atoms with Gasteiger partial charge in [0.2, 0.25) is 0 Å². The van der Waals surface area contributed by atoms with Gasteiger partial charge in [0.1, 0.15) is 11.6 Å². The summed E-state index contributed by atoms with van der Waals surface area (Å²) in [4.78, 5) is 0.948. The van der Waals surface area contributed by atoms with Gasteiger partial charge in [-0.05, 0) is 47.1 Å². The molecule has 1 unspecified atom stereocenters. The van der Waals surface area contributed by atoms with Crippen molar-refractivity contribution in [1.29, 1.82) is 0 Å². The molecule has 0 aliphatic heterocycles. The van der Waals surface area contributed by atoms with Crippen LogP contribution in [0.4, 0.5) is 4.39 Å². The maximum atomic E-state index is 14.3. The highest BCUT2D eigenvalue weighted by atomic mass is 79.9. The highest BCUT2D eigenvalue weighted by Crippen LogP contribution is 2.40. The van der Waals surface area contributed by atoms with Crippen LogP contribution in [0.5, 0.6) is 5.75 Å². The molecule has 1 aromatic heterocycles. The van der Waals surface area contributed by atoms with Crippen LogP contribution in [-0.4, -0.2) is 13.7 Å². The lowest BCUT2D eigenvalue weighted by Crippen LogP contribution is -2.24. The highest BCUT2D eigenvalue weighted by molar-refractivity contribution is 9.11. The molecule has 1 N–H and O–H groups in total. The third kappa shape index (κ3) is 3.77. The molecule has 0 aliphatic rings. The van der Waals surface area contributed by atoms with Crippen LogP contribution >= 0.6 is 38.9 Å². The summed E-state index contributed by atoms with van der Waals surface area (Å²) < 4.78 is 20.5. The molecule has 0 saturated heterocycles. The van der Waals surface area contributed by atoms with E-state index in [1.807, 2.05) is 6.07 Å². The summed E-state index contributed by atoms with van der Waals surface area (Å²) >= 11 is 11.0. The SMILES string of the molecule is CCCNC(c1cc(Cl)c(Br)s1)c1c(F)cccc1OC. The molecule has 2 rings (SSSR count). The van der Waals surface area contributed by atoms with Crippen LogP contribution in [0.3, 0.4) is 0 Å². The molecule has 0 bridgehead atoms. The maximum absolute atomic E-state index is 14.3. The van der Waals surface area contributed by atoms with E-state index in [1.54, 1.807) is 19.2 Å². The van der Waals surface area contributed by atoms with Crippen LogP contribution in [0.2, 0.25) is 5.02 Å². The van der Waals surface area contributed by atoms with Crippen molar-refractivity contribution in [2.75, 3.05) is 13.7 Å². The van der Waals surface area contributed by atoms with E-state index in [1.165, 1.54) is 17.4 Å². The van der Waals surface area contributed by atoms with E-state index >= 15 is 0 Å². The number of hydrogen-bond acceptors (Lipinski definition) is 3. The Morgan fingerprint density at radius 3 is 2.81 bits per heavy atom. The molecular formula is C15H16BrClFNOS. The molecule has 1 aromatic carbocycles. The lowest BCUT2D eigenvalue weighted by Gasteiger charge is -2.20. The molecule has 2 aromatic rings. The Hall–Kier alpha value is -0.620. The quantitative estimate of drug-likeness (QED) is 0.710. The third-order valence-corrected chi connectivity index (χ3v) is 5.61. The van der Waals surface area contributed by atoms with E-state index in [0.717, 1.165) is 21.6 Å². The van der Waals surface area contributed by atoms with Gasteiger partial charge in [-0.15, -0.1) is 11.3 Å². The minimum absolute atomic E-state index is 0.283. The van der Waals surface area contributed by atoms with Gasteiger partial charge in [-0.2, -0.15) is 0 Å². The average molecular weight is 393 g/mol. The van der Waals surface area contributed by atoms with Gasteiger partial charge < -0.3 is 10.1 Å². The number of hydrogen-bond donors (Lipinski definition) is 1. The number of thiophene rings is 1. The van der Waals surface area contributed by atoms with Crippen molar-refractivity contribution in [1.82, 2.24) is 5.32 Å². The standard InChI is InChI=1S/C15H16BrClFNOS/c1-3-7-19-14(12-8-9(17)15(16)21-12)13-10(18)5-4-6-11(13)20-2/h4-6,8,14,19H,3,7H2,1-2H3. The Morgan fingerprint density at radius 1 is 1.48 bits per heavy atom. The molecule has 2 nitrogen and oxygen atoms in total. The normalized spacial score (nSPS) is 12.4. The summed E-state index contributed by atoms with van der Waals surface area (Å²) in [6, 6.07) is 6.43. The van der Waals surface area contributed by atoms with Crippen molar-refractivity contribution in [3.05, 3.63) is 49.3 Å². The van der Waals surface area contributed by atoms with Gasteiger partial charge in [-0.1, -0.05) is 24.6 Å². The molecule has 0 fully saturated rings. The number of rotatable bonds is 6. The fourth-order valence-corrected chi connectivity index (χ4v) is 3.95. The van der Waals surface area contributed by atoms with Crippen LogP contribution in [0.1, 0.15) is 29.8 Å². The first-order valence-electron chi connectivity index (χ1n) is 6.59. The Balaban J connectivity index is 2.50. The smallest absolute Gasteiger partial charge is 0.132 e. The summed E-state index contributed by atoms with van der Waals surface area (Å²) in [5.41, 5.74) is 0.513. The Labute approximate surface area is 141 Å². The summed E-state index contributed by atoms with van der Waals surface area (Å²) in [5, 5.41) is 4.00. The maximum Gasteiger partial charge on any atom is 0.132 e. The monoisotopic (exact) mass is 391 g/mol. The molecule has 0 radical (unpaired) electrons. The number of benzene rings is 1. The fraction of sp³-hybridized carbons (Fsp3) is 0.333. The van der Waals surface area contributed by atoms with E-state index in [4.69, 9.17) is 16.3 Å². The van der Waals surface area contributed by atoms with Gasteiger partial charge in [0.25, 0.3) is 0 Å². The van der Waals surface area contributed by atoms with Crippen LogP contribution in [0.25, 0.3) is 0 Å². The van der Waals surface area contributed by atoms with E-state index in [2.05, 4.69) is 28.2 Å². The predicted octanol–water partition coefficient (Wildman–Crippen LogP) is 5.40. The van der Waals surface area contributed by atoms with Crippen molar-refractivity contribution in [2.45, 2.75) is 19.4 Å². The van der Waals surface area contributed by atoms with Gasteiger partial charge in [0, 0.05) is 4.88 Å². The van der Waals surface area contributed by atoms with E-state index < -0.39 is 0 Å². The largest absolute Gasteiger partial charge is 0.496 e. The highest BCUT2D eigenvalue weighted by Gasteiger charge is 2.24. The number of ether oxygens (including phenoxy) is 1. The van der Waals surface area contributed by atoms with E-state index in [0.29, 0.717) is 16.3 Å². The van der Waals surface area contributed by atoms with Crippen molar-refractivity contribution in [3.8, 4) is 5.75 Å². The zero-order valence-electron chi connectivity index (χ0n) is 11.8. The van der Waals surface area contributed by atoms with Crippen LogP contribution in [-0.2, 0) is 0 Å². The minimum Gasteiger partial charge on any atom is -0.496 e. The van der Waals surface area contributed by atoms with E-state index in [-0.39, 0.29) is 11.9 Å². The molecule has 0 aliphatic carbocycles. The van der Waals surface area contributed by atoms with Crippen molar-refractivity contribution in [2.24, 2.45) is 0 Å². The Morgan fingerprint density at radius 2 is 2.24 bits per heavy atom. The Bertz CT molecular complexity index is 600. The first kappa shape index (κ1) is 16.7. The van der Waals surface area contributed by atoms with Crippen LogP contribution < -0.4 is 10.1 Å². The lowest BCUT2D eigenvalue weighted by molar-refractivity contribution is 0.397. The van der Waals surface area contributed by atoms with Gasteiger partial charge in [-0.3, -0.25) is 0 Å². The average Bonchev–Trinajstić information content (AvgIpc) is 2.80. The topological polar surface area (TPSA) is 21.3 Å². The molecule has 0 saturated carbocycles. The molecule has 21 heavy (non-hydrogen) atoms. The fourth-order valence-electron chi connectivity index (χ4n) is 2.11. The van der Waals surface area contributed by atoms with Gasteiger partial charge >= 0.3 is 0 Å². The first-order valence-corrected chi connectivity index (χ1v) is 8.57. The van der Waals surface area contributed by atoms with Gasteiger partial charge in [0.15, 0.2) is 0 Å². The molecule has 1 atom stereocenters. The second-order valence-corrected chi connectivity index (χ2v) is 7.32. The summed E-state index contributed by atoms with van der Waals surface area (Å²) in [6.45, 7) is 2.84. The minimum atomic E-state index is -0.288. The summed E-state index contributed by atoms with van der Waals surface area (Å²) in [5.74, 6) is 0.243. The molecule has 0 spiro atoms. The first-order chi connectivity index (χ1) is 10.1.